The Bertz CT molecular complexity index is 693. The Hall–Kier alpha value is -1.79. The maximum atomic E-state index is 13.8. The highest BCUT2D eigenvalue weighted by molar-refractivity contribution is 6.30. The Kier molecular flexibility index (Phi) is 5.03. The minimum absolute atomic E-state index is 0.122. The van der Waals surface area contributed by atoms with Crippen LogP contribution in [-0.4, -0.2) is 23.1 Å². The molecule has 4 nitrogen and oxygen atoms in total. The van der Waals surface area contributed by atoms with Gasteiger partial charge in [0.05, 0.1) is 6.20 Å². The van der Waals surface area contributed by atoms with Gasteiger partial charge < -0.3 is 10.1 Å². The zero-order valence-corrected chi connectivity index (χ0v) is 13.1. The third-order valence-electron chi connectivity index (χ3n) is 3.81. The predicted molar refractivity (Wildman–Crippen MR) is 82.6 cm³/mol. The van der Waals surface area contributed by atoms with E-state index < -0.39 is 11.6 Å². The van der Waals surface area contributed by atoms with Crippen LogP contribution >= 0.6 is 11.6 Å². The Morgan fingerprint density at radius 1 is 1.22 bits per heavy atom. The van der Waals surface area contributed by atoms with E-state index in [-0.39, 0.29) is 24.0 Å². The number of nitrogens with zero attached hydrogens (tertiary/aromatic N) is 2. The summed E-state index contributed by atoms with van der Waals surface area (Å²) < 4.78 is 32.9. The van der Waals surface area contributed by atoms with Gasteiger partial charge in [-0.15, -0.1) is 0 Å². The minimum atomic E-state index is -0.656. The second kappa shape index (κ2) is 7.19. The van der Waals surface area contributed by atoms with E-state index in [0.717, 1.165) is 32.1 Å². The van der Waals surface area contributed by atoms with Gasteiger partial charge in [-0.2, -0.15) is 9.37 Å². The number of benzene rings is 1. The Balaban J connectivity index is 1.73. The number of ether oxygens (including phenoxy) is 1. The van der Waals surface area contributed by atoms with Gasteiger partial charge in [-0.25, -0.2) is 9.37 Å². The summed E-state index contributed by atoms with van der Waals surface area (Å²) in [4.78, 5) is 8.23. The molecule has 0 atom stereocenters. The molecular weight excluding hydrogens is 324 g/mol. The van der Waals surface area contributed by atoms with Crippen LogP contribution < -0.4 is 10.1 Å². The van der Waals surface area contributed by atoms with Crippen molar-refractivity contribution in [2.24, 2.45) is 0 Å². The molecular formula is C16H16ClF2N3O. The third kappa shape index (κ3) is 3.95. The van der Waals surface area contributed by atoms with Crippen molar-refractivity contribution >= 4 is 11.6 Å². The van der Waals surface area contributed by atoms with Crippen molar-refractivity contribution in [2.45, 2.75) is 25.4 Å². The summed E-state index contributed by atoms with van der Waals surface area (Å²) >= 11 is 5.70. The summed E-state index contributed by atoms with van der Waals surface area (Å²) in [6.07, 6.45) is 2.91. The van der Waals surface area contributed by atoms with Gasteiger partial charge in [0.2, 0.25) is 5.82 Å². The SMILES string of the molecule is Fc1cc(Cl)ccc1COc1nc(C2CCNCC2)ncc1F. The van der Waals surface area contributed by atoms with Crippen LogP contribution in [0.25, 0.3) is 0 Å². The highest BCUT2D eigenvalue weighted by Gasteiger charge is 2.20. The van der Waals surface area contributed by atoms with Crippen molar-refractivity contribution in [1.29, 1.82) is 0 Å². The molecule has 1 aliphatic rings. The normalized spacial score (nSPS) is 15.6. The van der Waals surface area contributed by atoms with E-state index in [1.807, 2.05) is 0 Å². The summed E-state index contributed by atoms with van der Waals surface area (Å²) in [5.74, 6) is -0.545. The number of nitrogens with one attached hydrogen (secondary N) is 1. The molecule has 0 bridgehead atoms. The first kappa shape index (κ1) is 16.1. The first-order valence-corrected chi connectivity index (χ1v) is 7.81. The smallest absolute Gasteiger partial charge is 0.254 e. The van der Waals surface area contributed by atoms with Crippen LogP contribution in [0.3, 0.4) is 0 Å². The lowest BCUT2D eigenvalue weighted by Crippen LogP contribution is -2.27. The van der Waals surface area contributed by atoms with Crippen LogP contribution in [0.5, 0.6) is 5.88 Å². The van der Waals surface area contributed by atoms with Gasteiger partial charge in [0.15, 0.2) is 0 Å². The average Bonchev–Trinajstić information content (AvgIpc) is 2.56. The number of hydrogen-bond donors (Lipinski definition) is 1. The van der Waals surface area contributed by atoms with E-state index in [4.69, 9.17) is 16.3 Å². The van der Waals surface area contributed by atoms with Crippen LogP contribution in [0.15, 0.2) is 24.4 Å². The molecule has 7 heteroatoms. The topological polar surface area (TPSA) is 47.0 Å². The third-order valence-corrected chi connectivity index (χ3v) is 4.05. The van der Waals surface area contributed by atoms with Gasteiger partial charge in [0.25, 0.3) is 5.88 Å². The van der Waals surface area contributed by atoms with Gasteiger partial charge >= 0.3 is 0 Å². The first-order valence-electron chi connectivity index (χ1n) is 7.43. The fourth-order valence-corrected chi connectivity index (χ4v) is 2.69. The van der Waals surface area contributed by atoms with Crippen LogP contribution in [0.1, 0.15) is 30.1 Å². The maximum Gasteiger partial charge on any atom is 0.254 e. The summed E-state index contributed by atoms with van der Waals surface area (Å²) in [6.45, 7) is 1.65. The molecule has 23 heavy (non-hydrogen) atoms. The first-order chi connectivity index (χ1) is 11.1. The lowest BCUT2D eigenvalue weighted by atomic mass is 9.97. The molecule has 0 aliphatic carbocycles. The van der Waals surface area contributed by atoms with Crippen molar-refractivity contribution in [3.05, 3.63) is 52.4 Å². The molecule has 1 N–H and O–H groups in total. The number of hydrogen-bond acceptors (Lipinski definition) is 4. The number of rotatable bonds is 4. The van der Waals surface area contributed by atoms with E-state index in [0.29, 0.717) is 10.8 Å². The summed E-state index contributed by atoms with van der Waals surface area (Å²) in [6, 6.07) is 4.25. The number of halogens is 3. The minimum Gasteiger partial charge on any atom is -0.471 e. The molecule has 122 valence electrons. The monoisotopic (exact) mass is 339 g/mol. The lowest BCUT2D eigenvalue weighted by molar-refractivity contribution is 0.268. The van der Waals surface area contributed by atoms with E-state index in [1.54, 1.807) is 6.07 Å². The lowest BCUT2D eigenvalue weighted by Gasteiger charge is -2.21. The van der Waals surface area contributed by atoms with Gasteiger partial charge in [-0.1, -0.05) is 17.7 Å². The molecule has 1 aliphatic heterocycles. The molecule has 0 amide bonds. The van der Waals surface area contributed by atoms with E-state index >= 15 is 0 Å². The molecule has 1 aromatic carbocycles. The van der Waals surface area contributed by atoms with Crippen molar-refractivity contribution < 1.29 is 13.5 Å². The molecule has 1 saturated heterocycles. The van der Waals surface area contributed by atoms with Crippen LogP contribution in [0, 0.1) is 11.6 Å². The summed E-state index contributed by atoms with van der Waals surface area (Å²) in [5.41, 5.74) is 0.288. The Morgan fingerprint density at radius 3 is 2.74 bits per heavy atom. The molecule has 0 spiro atoms. The van der Waals surface area contributed by atoms with Crippen LogP contribution in [0.4, 0.5) is 8.78 Å². The van der Waals surface area contributed by atoms with Crippen molar-refractivity contribution in [2.75, 3.05) is 13.1 Å². The van der Waals surface area contributed by atoms with Gasteiger partial charge in [-0.3, -0.25) is 0 Å². The quantitative estimate of drug-likeness (QED) is 0.926. The highest BCUT2D eigenvalue weighted by atomic mass is 35.5. The highest BCUT2D eigenvalue weighted by Crippen LogP contribution is 2.25. The van der Waals surface area contributed by atoms with E-state index in [9.17, 15) is 8.78 Å². The fraction of sp³-hybridized carbons (Fsp3) is 0.375. The molecule has 2 heterocycles. The number of aromatic nitrogens is 2. The Labute approximate surface area is 137 Å². The Morgan fingerprint density at radius 2 is 2.00 bits per heavy atom. The van der Waals surface area contributed by atoms with Crippen molar-refractivity contribution in [3.63, 3.8) is 0 Å². The molecule has 2 aromatic rings. The molecule has 0 saturated carbocycles. The van der Waals surface area contributed by atoms with Gasteiger partial charge in [0.1, 0.15) is 18.2 Å². The summed E-state index contributed by atoms with van der Waals surface area (Å²) in [7, 11) is 0. The van der Waals surface area contributed by atoms with Crippen LogP contribution in [-0.2, 0) is 6.61 Å². The zero-order valence-electron chi connectivity index (χ0n) is 12.4. The largest absolute Gasteiger partial charge is 0.471 e. The van der Waals surface area contributed by atoms with Crippen LogP contribution in [0.2, 0.25) is 5.02 Å². The van der Waals surface area contributed by atoms with Crippen molar-refractivity contribution in [1.82, 2.24) is 15.3 Å². The average molecular weight is 340 g/mol. The summed E-state index contributed by atoms with van der Waals surface area (Å²) in [5, 5.41) is 3.55. The second-order valence-corrected chi connectivity index (χ2v) is 5.87. The van der Waals surface area contributed by atoms with Gasteiger partial charge in [-0.05, 0) is 38.1 Å². The molecule has 0 unspecified atom stereocenters. The molecule has 1 aromatic heterocycles. The second-order valence-electron chi connectivity index (χ2n) is 5.43. The fourth-order valence-electron chi connectivity index (χ4n) is 2.53. The van der Waals surface area contributed by atoms with E-state index in [1.165, 1.54) is 12.1 Å². The maximum absolute atomic E-state index is 13.8. The van der Waals surface area contributed by atoms with Crippen molar-refractivity contribution in [3.8, 4) is 5.88 Å². The predicted octanol–water partition coefficient (Wildman–Crippen LogP) is 3.45. The standard InChI is InChI=1S/C16H16ClF2N3O/c17-12-2-1-11(13(18)7-12)9-23-16-14(19)8-21-15(22-16)10-3-5-20-6-4-10/h1-2,7-8,10,20H,3-6,9H2. The molecule has 0 radical (unpaired) electrons. The molecule has 1 fully saturated rings. The zero-order chi connectivity index (χ0) is 16.2. The van der Waals surface area contributed by atoms with E-state index in [2.05, 4.69) is 15.3 Å². The van der Waals surface area contributed by atoms with Gasteiger partial charge in [0, 0.05) is 16.5 Å². The molecule has 3 rings (SSSR count). The number of piperidine rings is 1.